The number of hydrazine groups is 1. The molecule has 0 atom stereocenters. The van der Waals surface area contributed by atoms with Crippen LogP contribution in [0.4, 0.5) is 34.1 Å². The van der Waals surface area contributed by atoms with Gasteiger partial charge in [0.15, 0.2) is 0 Å². The number of rotatable bonds is 3. The van der Waals surface area contributed by atoms with Crippen LogP contribution in [0.3, 0.4) is 0 Å². The predicted octanol–water partition coefficient (Wildman–Crippen LogP) is 5.13. The summed E-state index contributed by atoms with van der Waals surface area (Å²) in [5, 5.41) is 4.84. The average molecular weight is 421 g/mol. The van der Waals surface area contributed by atoms with Crippen LogP contribution in [0, 0.1) is 0 Å². The highest BCUT2D eigenvalue weighted by Crippen LogP contribution is 2.22. The molecule has 0 spiro atoms. The lowest BCUT2D eigenvalue weighted by Crippen LogP contribution is -2.53. The van der Waals surface area contributed by atoms with Crippen molar-refractivity contribution >= 4 is 46.6 Å². The van der Waals surface area contributed by atoms with Crippen molar-refractivity contribution in [2.24, 2.45) is 0 Å². The maximum atomic E-state index is 12.8. The van der Waals surface area contributed by atoms with Crippen LogP contribution in [0.1, 0.15) is 0 Å². The van der Waals surface area contributed by atoms with Crippen LogP contribution in [0.15, 0.2) is 48.5 Å². The smallest absolute Gasteiger partial charge is 0.305 e. The van der Waals surface area contributed by atoms with Gasteiger partial charge < -0.3 is 10.6 Å². The second kappa shape index (κ2) is 8.83. The lowest BCUT2D eigenvalue weighted by molar-refractivity contribution is -0.142. The molecule has 11 heteroatoms. The number of halogens is 5. The molecule has 0 aromatic heterocycles. The molecular weight excluding hydrogens is 408 g/mol. The minimum atomic E-state index is -4.75. The zero-order valence-corrected chi connectivity index (χ0v) is 15.0. The van der Waals surface area contributed by atoms with Crippen LogP contribution in [-0.2, 0) is 0 Å². The van der Waals surface area contributed by atoms with E-state index in [0.717, 1.165) is 0 Å². The molecule has 2 aromatic rings. The third-order valence-electron chi connectivity index (χ3n) is 3.06. The van der Waals surface area contributed by atoms with Gasteiger partial charge in [-0.15, -0.1) is 0 Å². The number of nitrogens with one attached hydrogen (secondary N) is 3. The van der Waals surface area contributed by atoms with Crippen molar-refractivity contribution in [3.8, 4) is 0 Å². The molecule has 144 valence electrons. The van der Waals surface area contributed by atoms with Crippen molar-refractivity contribution in [1.82, 2.24) is 10.4 Å². The number of amides is 4. The molecule has 0 saturated heterocycles. The quantitative estimate of drug-likeness (QED) is 0.602. The first-order valence-electron chi connectivity index (χ1n) is 7.37. The first-order chi connectivity index (χ1) is 12.7. The predicted molar refractivity (Wildman–Crippen MR) is 96.8 cm³/mol. The molecule has 0 aliphatic carbocycles. The number of anilines is 2. The molecule has 2 aromatic carbocycles. The zero-order chi connectivity index (χ0) is 20.0. The van der Waals surface area contributed by atoms with Crippen molar-refractivity contribution in [3.05, 3.63) is 58.6 Å². The van der Waals surface area contributed by atoms with E-state index in [1.165, 1.54) is 30.3 Å². The van der Waals surface area contributed by atoms with E-state index in [9.17, 15) is 22.8 Å². The van der Waals surface area contributed by atoms with Crippen molar-refractivity contribution in [2.75, 3.05) is 17.2 Å². The number of carbonyl (C=O) groups excluding carboxylic acids is 2. The van der Waals surface area contributed by atoms with Crippen LogP contribution in [0.2, 0.25) is 10.0 Å². The van der Waals surface area contributed by atoms with Gasteiger partial charge in [0.1, 0.15) is 6.54 Å². The van der Waals surface area contributed by atoms with Gasteiger partial charge in [-0.3, -0.25) is 0 Å². The first-order valence-corrected chi connectivity index (χ1v) is 8.13. The van der Waals surface area contributed by atoms with Crippen LogP contribution >= 0.6 is 23.2 Å². The number of benzene rings is 2. The Labute approximate surface area is 162 Å². The third-order valence-corrected chi connectivity index (χ3v) is 3.72. The highest BCUT2D eigenvalue weighted by molar-refractivity contribution is 6.34. The van der Waals surface area contributed by atoms with Gasteiger partial charge in [-0.1, -0.05) is 47.5 Å². The normalized spacial score (nSPS) is 10.9. The highest BCUT2D eigenvalue weighted by Gasteiger charge is 2.34. The minimum Gasteiger partial charge on any atom is -0.305 e. The van der Waals surface area contributed by atoms with Crippen molar-refractivity contribution in [1.29, 1.82) is 0 Å². The maximum Gasteiger partial charge on any atom is 0.408 e. The first kappa shape index (κ1) is 20.7. The molecule has 0 heterocycles. The van der Waals surface area contributed by atoms with E-state index < -0.39 is 24.8 Å². The molecule has 0 unspecified atom stereocenters. The van der Waals surface area contributed by atoms with Crippen molar-refractivity contribution < 1.29 is 22.8 Å². The van der Waals surface area contributed by atoms with E-state index in [2.05, 4.69) is 10.6 Å². The van der Waals surface area contributed by atoms with Gasteiger partial charge in [0.2, 0.25) is 0 Å². The molecule has 27 heavy (non-hydrogen) atoms. The molecular formula is C16H13Cl2F3N4O2. The minimum absolute atomic E-state index is 0.0789. The van der Waals surface area contributed by atoms with Gasteiger partial charge in [-0.2, -0.15) is 13.2 Å². The van der Waals surface area contributed by atoms with Gasteiger partial charge >= 0.3 is 18.2 Å². The zero-order valence-electron chi connectivity index (χ0n) is 13.5. The fourth-order valence-electron chi connectivity index (χ4n) is 1.92. The monoisotopic (exact) mass is 420 g/mol. The summed E-state index contributed by atoms with van der Waals surface area (Å²) in [4.78, 5) is 24.2. The fraction of sp³-hybridized carbons (Fsp3) is 0.125. The van der Waals surface area contributed by atoms with E-state index in [4.69, 9.17) is 23.2 Å². The van der Waals surface area contributed by atoms with E-state index in [-0.39, 0.29) is 26.4 Å². The molecule has 6 nitrogen and oxygen atoms in total. The Morgan fingerprint density at radius 2 is 1.37 bits per heavy atom. The van der Waals surface area contributed by atoms with Crippen LogP contribution in [-0.4, -0.2) is 29.8 Å². The van der Waals surface area contributed by atoms with Crippen LogP contribution in [0.25, 0.3) is 0 Å². The Kier molecular flexibility index (Phi) is 6.75. The van der Waals surface area contributed by atoms with Gasteiger partial charge in [0.05, 0.1) is 21.4 Å². The number of alkyl halides is 3. The number of hydrogen-bond donors (Lipinski definition) is 3. The Morgan fingerprint density at radius 1 is 0.889 bits per heavy atom. The van der Waals surface area contributed by atoms with Gasteiger partial charge in [-0.05, 0) is 24.3 Å². The van der Waals surface area contributed by atoms with E-state index in [1.807, 2.05) is 5.43 Å². The Hall–Kier alpha value is -2.65. The fourth-order valence-corrected chi connectivity index (χ4v) is 2.29. The molecule has 4 amide bonds. The lowest BCUT2D eigenvalue weighted by atomic mass is 10.3. The second-order valence-corrected chi connectivity index (χ2v) is 5.97. The van der Waals surface area contributed by atoms with E-state index in [1.54, 1.807) is 18.2 Å². The van der Waals surface area contributed by atoms with E-state index in [0.29, 0.717) is 0 Å². The van der Waals surface area contributed by atoms with Gasteiger partial charge in [0, 0.05) is 0 Å². The van der Waals surface area contributed by atoms with Crippen LogP contribution in [0.5, 0.6) is 0 Å². The molecule has 0 radical (unpaired) electrons. The number of hydrogen-bond acceptors (Lipinski definition) is 2. The third kappa shape index (κ3) is 6.54. The standard InChI is InChI=1S/C16H13Cl2F3N4O2/c17-10-5-1-3-7-12(10)22-14(26)24-25(9-16(19,20)21)15(27)23-13-8-4-2-6-11(13)18/h1-8H,9H2,(H,23,27)(H2,22,24,26). The molecule has 0 aliphatic rings. The summed E-state index contributed by atoms with van der Waals surface area (Å²) >= 11 is 11.7. The summed E-state index contributed by atoms with van der Waals surface area (Å²) in [6, 6.07) is 9.76. The summed E-state index contributed by atoms with van der Waals surface area (Å²) in [5.74, 6) is 0. The number of urea groups is 2. The molecule has 0 fully saturated rings. The number of nitrogens with zero attached hydrogens (tertiary/aromatic N) is 1. The molecule has 3 N–H and O–H groups in total. The Balaban J connectivity index is 2.11. The number of carbonyl (C=O) groups is 2. The number of para-hydroxylation sites is 2. The van der Waals surface area contributed by atoms with Crippen LogP contribution < -0.4 is 16.1 Å². The second-order valence-electron chi connectivity index (χ2n) is 5.16. The van der Waals surface area contributed by atoms with Crippen molar-refractivity contribution in [3.63, 3.8) is 0 Å². The Morgan fingerprint density at radius 3 is 1.85 bits per heavy atom. The summed E-state index contributed by atoms with van der Waals surface area (Å²) in [6.07, 6.45) is -4.75. The summed E-state index contributed by atoms with van der Waals surface area (Å²) < 4.78 is 38.4. The molecule has 2 rings (SSSR count). The molecule has 0 aliphatic heterocycles. The summed E-state index contributed by atoms with van der Waals surface area (Å²) in [7, 11) is 0. The summed E-state index contributed by atoms with van der Waals surface area (Å²) in [5.41, 5.74) is 2.09. The average Bonchev–Trinajstić information content (AvgIpc) is 2.57. The maximum absolute atomic E-state index is 12.8. The Bertz CT molecular complexity index is 833. The van der Waals surface area contributed by atoms with E-state index >= 15 is 0 Å². The topological polar surface area (TPSA) is 73.5 Å². The van der Waals surface area contributed by atoms with Gasteiger partial charge in [-0.25, -0.2) is 20.0 Å². The summed E-state index contributed by atoms with van der Waals surface area (Å²) in [6.45, 7) is -1.72. The molecule has 0 saturated carbocycles. The van der Waals surface area contributed by atoms with Gasteiger partial charge in [0.25, 0.3) is 0 Å². The lowest BCUT2D eigenvalue weighted by Gasteiger charge is -2.25. The largest absolute Gasteiger partial charge is 0.408 e. The van der Waals surface area contributed by atoms with Crippen molar-refractivity contribution in [2.45, 2.75) is 6.18 Å². The SMILES string of the molecule is O=C(Nc1ccccc1Cl)NN(CC(F)(F)F)C(=O)Nc1ccccc1Cl. The molecule has 0 bridgehead atoms. The highest BCUT2D eigenvalue weighted by atomic mass is 35.5.